The van der Waals surface area contributed by atoms with Crippen LogP contribution in [0.15, 0.2) is 66.0 Å². The molecule has 1 heterocycles. The Kier molecular flexibility index (Phi) is 9.47. The maximum absolute atomic E-state index is 13.8. The summed E-state index contributed by atoms with van der Waals surface area (Å²) in [6.45, 7) is 9.91. The lowest BCUT2D eigenvalue weighted by Crippen LogP contribution is -2.52. The highest BCUT2D eigenvalue weighted by molar-refractivity contribution is 7.12. The summed E-state index contributed by atoms with van der Waals surface area (Å²) < 4.78 is 5.68. The molecule has 0 saturated heterocycles. The molecule has 2 aromatic carbocycles. The summed E-state index contributed by atoms with van der Waals surface area (Å²) in [5.74, 6) is -0.490. The number of hydrogen-bond donors (Lipinski definition) is 2. The molecule has 2 N–H and O–H groups in total. The van der Waals surface area contributed by atoms with E-state index in [0.717, 1.165) is 5.56 Å². The number of aryl methyl sites for hydroxylation is 1. The van der Waals surface area contributed by atoms with Gasteiger partial charge in [-0.05, 0) is 63.3 Å². The SMILES string of the molecule is CCOc1cccc(N(C(=O)CNC(=O)c2cccs2)[C@@H](C(=O)NC(C)(C)CC)c2ccc(C)cc2)c1. The quantitative estimate of drug-likeness (QED) is 0.360. The topological polar surface area (TPSA) is 87.7 Å². The molecule has 3 amide bonds. The average Bonchev–Trinajstić information content (AvgIpc) is 3.42. The molecule has 3 rings (SSSR count). The molecule has 7 nitrogen and oxygen atoms in total. The molecule has 1 aromatic heterocycles. The summed E-state index contributed by atoms with van der Waals surface area (Å²) in [5.41, 5.74) is 1.72. The van der Waals surface area contributed by atoms with E-state index in [-0.39, 0.29) is 18.4 Å². The van der Waals surface area contributed by atoms with Gasteiger partial charge in [0.2, 0.25) is 11.8 Å². The third-order valence-corrected chi connectivity index (χ3v) is 6.93. The van der Waals surface area contributed by atoms with Crippen molar-refractivity contribution in [3.05, 3.63) is 82.0 Å². The largest absolute Gasteiger partial charge is 0.494 e. The fourth-order valence-electron chi connectivity index (χ4n) is 3.72. The van der Waals surface area contributed by atoms with Crippen molar-refractivity contribution in [3.63, 3.8) is 0 Å². The number of carbonyl (C=O) groups is 3. The van der Waals surface area contributed by atoms with Gasteiger partial charge in [-0.1, -0.05) is 48.9 Å². The lowest BCUT2D eigenvalue weighted by atomic mass is 9.97. The number of nitrogens with one attached hydrogen (secondary N) is 2. The molecular formula is C29H35N3O4S. The monoisotopic (exact) mass is 521 g/mol. The van der Waals surface area contributed by atoms with E-state index < -0.39 is 17.5 Å². The van der Waals surface area contributed by atoms with Gasteiger partial charge in [0.25, 0.3) is 5.91 Å². The number of benzene rings is 2. The Morgan fingerprint density at radius 1 is 1.03 bits per heavy atom. The van der Waals surface area contributed by atoms with Crippen LogP contribution in [-0.4, -0.2) is 36.4 Å². The minimum absolute atomic E-state index is 0.275. The van der Waals surface area contributed by atoms with E-state index in [1.54, 1.807) is 41.8 Å². The lowest BCUT2D eigenvalue weighted by molar-refractivity contribution is -0.127. The van der Waals surface area contributed by atoms with Crippen molar-refractivity contribution < 1.29 is 19.1 Å². The summed E-state index contributed by atoms with van der Waals surface area (Å²) >= 11 is 1.30. The van der Waals surface area contributed by atoms with Gasteiger partial charge in [-0.25, -0.2) is 0 Å². The van der Waals surface area contributed by atoms with E-state index in [2.05, 4.69) is 10.6 Å². The van der Waals surface area contributed by atoms with Crippen LogP contribution in [0, 0.1) is 6.92 Å². The Morgan fingerprint density at radius 2 is 1.76 bits per heavy atom. The van der Waals surface area contributed by atoms with E-state index >= 15 is 0 Å². The number of amides is 3. The van der Waals surface area contributed by atoms with E-state index in [4.69, 9.17) is 4.74 Å². The van der Waals surface area contributed by atoms with Gasteiger partial charge in [-0.3, -0.25) is 19.3 Å². The van der Waals surface area contributed by atoms with Crippen LogP contribution in [0.3, 0.4) is 0 Å². The van der Waals surface area contributed by atoms with Gasteiger partial charge in [0.05, 0.1) is 18.0 Å². The summed E-state index contributed by atoms with van der Waals surface area (Å²) in [4.78, 5) is 42.2. The molecule has 0 aliphatic heterocycles. The molecule has 0 aliphatic rings. The van der Waals surface area contributed by atoms with Crippen molar-refractivity contribution in [2.45, 2.75) is 52.6 Å². The van der Waals surface area contributed by atoms with Crippen LogP contribution >= 0.6 is 11.3 Å². The van der Waals surface area contributed by atoms with Gasteiger partial charge in [0.15, 0.2) is 0 Å². The van der Waals surface area contributed by atoms with Crippen LogP contribution in [0.5, 0.6) is 5.75 Å². The number of thiophene rings is 1. The van der Waals surface area contributed by atoms with Gasteiger partial charge >= 0.3 is 0 Å². The molecule has 0 unspecified atom stereocenters. The van der Waals surface area contributed by atoms with Crippen LogP contribution in [0.4, 0.5) is 5.69 Å². The number of nitrogens with zero attached hydrogens (tertiary/aromatic N) is 1. The summed E-state index contributed by atoms with van der Waals surface area (Å²) in [6.07, 6.45) is 0.712. The van der Waals surface area contributed by atoms with Crippen LogP contribution in [-0.2, 0) is 9.59 Å². The maximum atomic E-state index is 13.8. The normalized spacial score (nSPS) is 11.9. The van der Waals surface area contributed by atoms with Gasteiger partial charge in [-0.15, -0.1) is 11.3 Å². The van der Waals surface area contributed by atoms with Gasteiger partial charge in [0, 0.05) is 17.3 Å². The van der Waals surface area contributed by atoms with E-state index in [1.807, 2.05) is 58.9 Å². The van der Waals surface area contributed by atoms with Crippen LogP contribution in [0.25, 0.3) is 0 Å². The van der Waals surface area contributed by atoms with E-state index in [9.17, 15) is 14.4 Å². The van der Waals surface area contributed by atoms with E-state index in [1.165, 1.54) is 16.2 Å². The second-order valence-electron chi connectivity index (χ2n) is 9.39. The van der Waals surface area contributed by atoms with Gasteiger partial charge in [-0.2, -0.15) is 0 Å². The molecule has 0 spiro atoms. The summed E-state index contributed by atoms with van der Waals surface area (Å²) in [7, 11) is 0. The standard InChI is InChI=1S/C29H35N3O4S/c1-6-29(4,5)31-28(35)26(21-15-13-20(3)14-16-21)32(22-10-8-11-23(18-22)36-7-2)25(33)19-30-27(34)24-12-9-17-37-24/h8-18,26H,6-7,19H2,1-5H3,(H,30,34)(H,31,35)/t26-/m1/s1. The maximum Gasteiger partial charge on any atom is 0.261 e. The molecule has 1 atom stereocenters. The fourth-order valence-corrected chi connectivity index (χ4v) is 4.36. The number of carbonyl (C=O) groups excluding carboxylic acids is 3. The first-order valence-corrected chi connectivity index (χ1v) is 13.3. The van der Waals surface area contributed by atoms with Gasteiger partial charge in [0.1, 0.15) is 11.8 Å². The van der Waals surface area contributed by atoms with Crippen molar-refractivity contribution in [1.82, 2.24) is 10.6 Å². The Morgan fingerprint density at radius 3 is 2.38 bits per heavy atom. The molecule has 37 heavy (non-hydrogen) atoms. The van der Waals surface area contributed by atoms with E-state index in [0.29, 0.717) is 34.9 Å². The molecule has 8 heteroatoms. The molecule has 196 valence electrons. The third kappa shape index (κ3) is 7.43. The second kappa shape index (κ2) is 12.5. The first kappa shape index (κ1) is 27.9. The minimum atomic E-state index is -0.963. The van der Waals surface area contributed by atoms with Crippen molar-refractivity contribution >= 4 is 34.7 Å². The predicted octanol–water partition coefficient (Wildman–Crippen LogP) is 5.26. The zero-order valence-corrected chi connectivity index (χ0v) is 22.9. The Bertz CT molecular complexity index is 1210. The average molecular weight is 522 g/mol. The third-order valence-electron chi connectivity index (χ3n) is 6.07. The predicted molar refractivity (Wildman–Crippen MR) is 148 cm³/mol. The zero-order chi connectivity index (χ0) is 27.0. The number of ether oxygens (including phenoxy) is 1. The Hall–Kier alpha value is -3.65. The molecular weight excluding hydrogens is 486 g/mol. The van der Waals surface area contributed by atoms with Crippen molar-refractivity contribution in [2.24, 2.45) is 0 Å². The summed E-state index contributed by atoms with van der Waals surface area (Å²) in [5, 5.41) is 7.61. The highest BCUT2D eigenvalue weighted by atomic mass is 32.1. The molecule has 0 bridgehead atoms. The zero-order valence-electron chi connectivity index (χ0n) is 22.0. The number of anilines is 1. The van der Waals surface area contributed by atoms with Crippen LogP contribution < -0.4 is 20.3 Å². The van der Waals surface area contributed by atoms with Crippen molar-refractivity contribution in [2.75, 3.05) is 18.1 Å². The smallest absolute Gasteiger partial charge is 0.261 e. The first-order chi connectivity index (χ1) is 17.6. The van der Waals surface area contributed by atoms with Crippen molar-refractivity contribution in [3.8, 4) is 5.75 Å². The number of hydrogen-bond acceptors (Lipinski definition) is 5. The second-order valence-corrected chi connectivity index (χ2v) is 10.3. The lowest BCUT2D eigenvalue weighted by Gasteiger charge is -2.35. The molecule has 0 aliphatic carbocycles. The molecule has 0 fully saturated rings. The summed E-state index contributed by atoms with van der Waals surface area (Å²) in [6, 6.07) is 17.1. The Labute approximate surface area is 222 Å². The highest BCUT2D eigenvalue weighted by Crippen LogP contribution is 2.31. The van der Waals surface area contributed by atoms with Crippen LogP contribution in [0.2, 0.25) is 0 Å². The van der Waals surface area contributed by atoms with Crippen LogP contribution in [0.1, 0.15) is 61.0 Å². The molecule has 0 radical (unpaired) electrons. The van der Waals surface area contributed by atoms with Gasteiger partial charge < -0.3 is 15.4 Å². The van der Waals surface area contributed by atoms with Crippen molar-refractivity contribution in [1.29, 1.82) is 0 Å². The Balaban J connectivity index is 2.05. The number of rotatable bonds is 11. The highest BCUT2D eigenvalue weighted by Gasteiger charge is 2.35. The first-order valence-electron chi connectivity index (χ1n) is 12.4. The molecule has 3 aromatic rings. The molecule has 0 saturated carbocycles. The fraction of sp³-hybridized carbons (Fsp3) is 0.345. The minimum Gasteiger partial charge on any atom is -0.494 e.